The molecule has 0 aromatic heterocycles. The molecule has 3 aromatic carbocycles. The van der Waals surface area contributed by atoms with E-state index in [0.29, 0.717) is 18.7 Å². The lowest BCUT2D eigenvalue weighted by atomic mass is 9.88. The van der Waals surface area contributed by atoms with Gasteiger partial charge in [0, 0.05) is 69.0 Å². The second kappa shape index (κ2) is 10.7. The van der Waals surface area contributed by atoms with Crippen LogP contribution in [0.5, 0.6) is 5.75 Å². The maximum atomic E-state index is 14.1. The highest BCUT2D eigenvalue weighted by atomic mass is 19.1. The van der Waals surface area contributed by atoms with Crippen molar-refractivity contribution in [3.05, 3.63) is 95.3 Å². The van der Waals surface area contributed by atoms with Crippen molar-refractivity contribution < 1.29 is 13.9 Å². The summed E-state index contributed by atoms with van der Waals surface area (Å²) in [6.07, 6.45) is 0. The van der Waals surface area contributed by atoms with Crippen LogP contribution < -0.4 is 9.64 Å². The molecule has 36 heavy (non-hydrogen) atoms. The first-order valence-corrected chi connectivity index (χ1v) is 12.7. The highest BCUT2D eigenvalue weighted by Crippen LogP contribution is 2.35. The lowest BCUT2D eigenvalue weighted by molar-refractivity contribution is 0.0782. The van der Waals surface area contributed by atoms with Gasteiger partial charge < -0.3 is 14.5 Å². The topological polar surface area (TPSA) is 36.0 Å². The molecule has 188 valence electrons. The molecule has 6 heteroatoms. The highest BCUT2D eigenvalue weighted by molar-refractivity contribution is 5.94. The van der Waals surface area contributed by atoms with Gasteiger partial charge >= 0.3 is 0 Å². The Morgan fingerprint density at radius 3 is 2.42 bits per heavy atom. The summed E-state index contributed by atoms with van der Waals surface area (Å²) in [5.74, 6) is 1.08. The van der Waals surface area contributed by atoms with Gasteiger partial charge in [0.25, 0.3) is 5.91 Å². The number of amides is 1. The third-order valence-corrected chi connectivity index (χ3v) is 7.59. The van der Waals surface area contributed by atoms with Crippen molar-refractivity contribution in [2.45, 2.75) is 12.8 Å². The summed E-state index contributed by atoms with van der Waals surface area (Å²) in [4.78, 5) is 20.2. The van der Waals surface area contributed by atoms with E-state index in [1.165, 1.54) is 11.8 Å². The maximum absolute atomic E-state index is 14.1. The predicted octanol–water partition coefficient (Wildman–Crippen LogP) is 4.82. The molecule has 2 aliphatic rings. The fourth-order valence-corrected chi connectivity index (χ4v) is 5.54. The molecule has 0 spiro atoms. The molecule has 3 aromatic rings. The van der Waals surface area contributed by atoms with Crippen molar-refractivity contribution in [1.29, 1.82) is 0 Å². The molecule has 2 heterocycles. The van der Waals surface area contributed by atoms with Crippen molar-refractivity contribution in [3.63, 3.8) is 0 Å². The summed E-state index contributed by atoms with van der Waals surface area (Å²) in [6.45, 7) is 8.01. The van der Waals surface area contributed by atoms with Crippen molar-refractivity contribution in [3.8, 4) is 5.75 Å². The smallest absolute Gasteiger partial charge is 0.253 e. The molecule has 0 saturated carbocycles. The van der Waals surface area contributed by atoms with Gasteiger partial charge in [0.1, 0.15) is 11.6 Å². The number of rotatable bonds is 6. The number of aryl methyl sites for hydroxylation is 1. The third kappa shape index (κ3) is 5.39. The number of hydrogen-bond acceptors (Lipinski definition) is 4. The second-order valence-corrected chi connectivity index (χ2v) is 9.99. The molecule has 1 amide bonds. The number of ether oxygens (including phenoxy) is 1. The van der Waals surface area contributed by atoms with E-state index in [-0.39, 0.29) is 23.6 Å². The highest BCUT2D eigenvalue weighted by Gasteiger charge is 2.38. The number of likely N-dealkylation sites (tertiary alicyclic amines) is 1. The van der Waals surface area contributed by atoms with Gasteiger partial charge in [-0.3, -0.25) is 9.69 Å². The molecule has 0 N–H and O–H groups in total. The van der Waals surface area contributed by atoms with Crippen LogP contribution in [-0.4, -0.2) is 68.6 Å². The SMILES string of the molecule is COc1cccc(N2CCN(CC3CN(C(=O)c4ccc(C)cc4)CC3c3cccc(F)c3)CC2)c1. The van der Waals surface area contributed by atoms with Crippen LogP contribution >= 0.6 is 0 Å². The van der Waals surface area contributed by atoms with Gasteiger partial charge in [-0.1, -0.05) is 35.9 Å². The van der Waals surface area contributed by atoms with Gasteiger partial charge in [0.2, 0.25) is 0 Å². The average Bonchev–Trinajstić information content (AvgIpc) is 3.33. The Hall–Kier alpha value is -3.38. The van der Waals surface area contributed by atoms with Crippen LogP contribution in [0.25, 0.3) is 0 Å². The molecule has 2 aliphatic heterocycles. The first-order valence-electron chi connectivity index (χ1n) is 12.7. The Morgan fingerprint density at radius 1 is 0.944 bits per heavy atom. The fourth-order valence-electron chi connectivity index (χ4n) is 5.54. The van der Waals surface area contributed by atoms with E-state index >= 15 is 0 Å². The minimum absolute atomic E-state index is 0.0572. The quantitative estimate of drug-likeness (QED) is 0.500. The molecular formula is C30H34FN3O2. The van der Waals surface area contributed by atoms with Gasteiger partial charge in [-0.15, -0.1) is 0 Å². The van der Waals surface area contributed by atoms with Crippen LogP contribution in [0.4, 0.5) is 10.1 Å². The summed E-state index contributed by atoms with van der Waals surface area (Å²) >= 11 is 0. The molecule has 2 fully saturated rings. The molecule has 0 aliphatic carbocycles. The lowest BCUT2D eigenvalue weighted by Crippen LogP contribution is -2.48. The third-order valence-electron chi connectivity index (χ3n) is 7.59. The Labute approximate surface area is 213 Å². The first kappa shape index (κ1) is 24.3. The van der Waals surface area contributed by atoms with Crippen LogP contribution in [0.2, 0.25) is 0 Å². The average molecular weight is 488 g/mol. The van der Waals surface area contributed by atoms with Crippen LogP contribution in [0.1, 0.15) is 27.4 Å². The maximum Gasteiger partial charge on any atom is 0.253 e. The van der Waals surface area contributed by atoms with E-state index in [2.05, 4.69) is 21.9 Å². The molecule has 2 atom stereocenters. The van der Waals surface area contributed by atoms with Gasteiger partial charge in [-0.05, 0) is 54.8 Å². The molecule has 0 bridgehead atoms. The molecule has 5 nitrogen and oxygen atoms in total. The molecule has 0 radical (unpaired) electrons. The summed E-state index contributed by atoms with van der Waals surface area (Å²) < 4.78 is 19.5. The van der Waals surface area contributed by atoms with Crippen LogP contribution in [0, 0.1) is 18.7 Å². The Bertz CT molecular complexity index is 1190. The zero-order chi connectivity index (χ0) is 25.1. The van der Waals surface area contributed by atoms with Crippen molar-refractivity contribution in [2.24, 2.45) is 5.92 Å². The zero-order valence-corrected chi connectivity index (χ0v) is 21.1. The van der Waals surface area contributed by atoms with E-state index in [1.54, 1.807) is 19.2 Å². The number of piperazine rings is 1. The van der Waals surface area contributed by atoms with Gasteiger partial charge in [0.05, 0.1) is 7.11 Å². The summed E-state index contributed by atoms with van der Waals surface area (Å²) in [6, 6.07) is 22.9. The largest absolute Gasteiger partial charge is 0.497 e. The summed E-state index contributed by atoms with van der Waals surface area (Å²) in [5, 5.41) is 0. The minimum Gasteiger partial charge on any atom is -0.497 e. The number of nitrogens with zero attached hydrogens (tertiary/aromatic N) is 3. The zero-order valence-electron chi connectivity index (χ0n) is 21.1. The normalized spacial score (nSPS) is 20.5. The molecule has 2 saturated heterocycles. The van der Waals surface area contributed by atoms with Gasteiger partial charge in [-0.25, -0.2) is 4.39 Å². The van der Waals surface area contributed by atoms with Crippen LogP contribution in [-0.2, 0) is 0 Å². The van der Waals surface area contributed by atoms with E-state index in [1.807, 2.05) is 54.3 Å². The monoisotopic (exact) mass is 487 g/mol. The van der Waals surface area contributed by atoms with Crippen molar-refractivity contribution in [1.82, 2.24) is 9.80 Å². The molecule has 5 rings (SSSR count). The Balaban J connectivity index is 1.28. The predicted molar refractivity (Wildman–Crippen MR) is 141 cm³/mol. The van der Waals surface area contributed by atoms with E-state index in [4.69, 9.17) is 4.74 Å². The standard InChI is InChI=1S/C30H34FN3O2/c1-22-9-11-23(12-10-22)30(35)34-20-25(29(21-34)24-5-3-6-26(31)17-24)19-32-13-15-33(16-14-32)27-7-4-8-28(18-27)36-2/h3-12,17-18,25,29H,13-16,19-21H2,1-2H3. The van der Waals surface area contributed by atoms with Crippen molar-refractivity contribution >= 4 is 11.6 Å². The fraction of sp³-hybridized carbons (Fsp3) is 0.367. The van der Waals surface area contributed by atoms with Crippen LogP contribution in [0.3, 0.4) is 0 Å². The summed E-state index contributed by atoms with van der Waals surface area (Å²) in [5.41, 5.74) is 4.01. The molecular weight excluding hydrogens is 453 g/mol. The van der Waals surface area contributed by atoms with E-state index < -0.39 is 0 Å². The van der Waals surface area contributed by atoms with Crippen LogP contribution in [0.15, 0.2) is 72.8 Å². The van der Waals surface area contributed by atoms with Gasteiger partial charge in [0.15, 0.2) is 0 Å². The number of benzene rings is 3. The Kier molecular flexibility index (Phi) is 7.23. The summed E-state index contributed by atoms with van der Waals surface area (Å²) in [7, 11) is 1.69. The number of halogens is 1. The number of carbonyl (C=O) groups excluding carboxylic acids is 1. The number of anilines is 1. The number of carbonyl (C=O) groups is 1. The van der Waals surface area contributed by atoms with Gasteiger partial charge in [-0.2, -0.15) is 0 Å². The van der Waals surface area contributed by atoms with E-state index in [0.717, 1.165) is 49.6 Å². The lowest BCUT2D eigenvalue weighted by Gasteiger charge is -2.38. The number of hydrogen-bond donors (Lipinski definition) is 0. The molecule has 2 unspecified atom stereocenters. The van der Waals surface area contributed by atoms with Crippen molar-refractivity contribution in [2.75, 3.05) is 57.8 Å². The van der Waals surface area contributed by atoms with E-state index in [9.17, 15) is 9.18 Å². The first-order chi connectivity index (χ1) is 17.5. The second-order valence-electron chi connectivity index (χ2n) is 9.99. The number of methoxy groups -OCH3 is 1. The minimum atomic E-state index is -0.221. The Morgan fingerprint density at radius 2 is 1.69 bits per heavy atom.